The molecular formula is C25H24O12. The molecule has 0 aromatic heterocycles. The van der Waals surface area contributed by atoms with Gasteiger partial charge < -0.3 is 45.2 Å². The van der Waals surface area contributed by atoms with E-state index >= 15 is 0 Å². The van der Waals surface area contributed by atoms with Gasteiger partial charge >= 0.3 is 17.9 Å². The van der Waals surface area contributed by atoms with E-state index < -0.39 is 59.7 Å². The topological polar surface area (TPSA) is 211 Å². The maximum absolute atomic E-state index is 12.4. The Morgan fingerprint density at radius 2 is 1.30 bits per heavy atom. The van der Waals surface area contributed by atoms with Crippen molar-refractivity contribution in [2.75, 3.05) is 0 Å². The number of aromatic hydroxyl groups is 4. The van der Waals surface area contributed by atoms with E-state index in [1.54, 1.807) is 0 Å². The summed E-state index contributed by atoms with van der Waals surface area (Å²) in [6.45, 7) is 0. The molecule has 4 atom stereocenters. The van der Waals surface area contributed by atoms with Crippen LogP contribution in [0.4, 0.5) is 0 Å². The van der Waals surface area contributed by atoms with Gasteiger partial charge in [0.15, 0.2) is 35.2 Å². The van der Waals surface area contributed by atoms with Gasteiger partial charge in [0.25, 0.3) is 0 Å². The number of carbonyl (C=O) groups is 3. The van der Waals surface area contributed by atoms with E-state index in [-0.39, 0.29) is 23.5 Å². The molecule has 2 aromatic carbocycles. The Balaban J connectivity index is 1.80. The number of rotatable bonds is 7. The highest BCUT2D eigenvalue weighted by atomic mass is 16.6. The average Bonchev–Trinajstić information content (AvgIpc) is 2.85. The zero-order valence-corrected chi connectivity index (χ0v) is 19.1. The normalized spacial score (nSPS) is 23.7. The van der Waals surface area contributed by atoms with Gasteiger partial charge in [0.2, 0.25) is 5.60 Å². The van der Waals surface area contributed by atoms with Crippen LogP contribution in [0.3, 0.4) is 0 Å². The van der Waals surface area contributed by atoms with Gasteiger partial charge in [-0.25, -0.2) is 14.4 Å². The number of ether oxygens (including phenoxy) is 2. The average molecular weight is 516 g/mol. The van der Waals surface area contributed by atoms with Crippen LogP contribution in [-0.4, -0.2) is 77.6 Å². The van der Waals surface area contributed by atoms with E-state index in [1.165, 1.54) is 36.4 Å². The highest BCUT2D eigenvalue weighted by Crippen LogP contribution is 2.34. The third kappa shape index (κ3) is 6.37. The van der Waals surface area contributed by atoms with Crippen molar-refractivity contribution in [2.45, 2.75) is 36.8 Å². The second-order valence-corrected chi connectivity index (χ2v) is 8.26. The summed E-state index contributed by atoms with van der Waals surface area (Å²) in [6, 6.07) is 7.39. The molecule has 196 valence electrons. The number of esters is 2. The number of hydrogen-bond acceptors (Lipinski definition) is 11. The van der Waals surface area contributed by atoms with Crippen LogP contribution in [0.5, 0.6) is 23.0 Å². The number of aliphatic hydroxyl groups is 2. The van der Waals surface area contributed by atoms with Crippen molar-refractivity contribution in [3.63, 3.8) is 0 Å². The lowest BCUT2D eigenvalue weighted by atomic mass is 9.78. The third-order valence-electron chi connectivity index (χ3n) is 5.66. The molecule has 1 saturated carbocycles. The van der Waals surface area contributed by atoms with Gasteiger partial charge in [-0.15, -0.1) is 0 Å². The predicted octanol–water partition coefficient (Wildman–Crippen LogP) is 1.03. The summed E-state index contributed by atoms with van der Waals surface area (Å²) in [6.07, 6.45) is -1.89. The lowest BCUT2D eigenvalue weighted by molar-refractivity contribution is -0.223. The van der Waals surface area contributed by atoms with Gasteiger partial charge in [0, 0.05) is 12.2 Å². The number of carboxylic acids is 1. The summed E-state index contributed by atoms with van der Waals surface area (Å²) >= 11 is 0. The summed E-state index contributed by atoms with van der Waals surface area (Å²) in [5, 5.41) is 68.5. The Hall–Kier alpha value is -4.55. The molecule has 0 bridgehead atoms. The van der Waals surface area contributed by atoms with E-state index in [0.29, 0.717) is 5.56 Å². The molecule has 12 nitrogen and oxygen atoms in total. The molecule has 0 amide bonds. The first-order valence-electron chi connectivity index (χ1n) is 10.9. The second kappa shape index (κ2) is 11.0. The largest absolute Gasteiger partial charge is 0.504 e. The van der Waals surface area contributed by atoms with Crippen molar-refractivity contribution in [1.29, 1.82) is 0 Å². The first kappa shape index (κ1) is 27.0. The van der Waals surface area contributed by atoms with E-state index in [0.717, 1.165) is 24.3 Å². The van der Waals surface area contributed by atoms with Gasteiger partial charge in [-0.3, -0.25) is 0 Å². The van der Waals surface area contributed by atoms with Crippen LogP contribution in [0.2, 0.25) is 0 Å². The Bertz CT molecular complexity index is 1250. The number of benzene rings is 2. The number of carbonyl (C=O) groups excluding carboxylic acids is 2. The fraction of sp³-hybridized carbons (Fsp3) is 0.240. The standard InChI is InChI=1S/C25H24O12/c26-15-5-1-13(11-18(15)29)3-7-20(31)36-22-17(28)9-10-25(35,24(33)34)23(22)37-21(32)8-4-14-2-6-16(27)19(30)12-14/h1-8,11-12,17,22-23,26-30,35H,9-10H2,(H,33,34)/t17-,22+,23+,25-/m1/s1. The van der Waals surface area contributed by atoms with Crippen molar-refractivity contribution < 1.29 is 59.6 Å². The molecule has 0 unspecified atom stereocenters. The van der Waals surface area contributed by atoms with Crippen molar-refractivity contribution >= 4 is 30.1 Å². The third-order valence-corrected chi connectivity index (χ3v) is 5.66. The lowest BCUT2D eigenvalue weighted by Gasteiger charge is -2.42. The fourth-order valence-electron chi connectivity index (χ4n) is 3.64. The summed E-state index contributed by atoms with van der Waals surface area (Å²) < 4.78 is 10.3. The molecule has 7 N–H and O–H groups in total. The van der Waals surface area contributed by atoms with Gasteiger partial charge in [-0.2, -0.15) is 0 Å². The van der Waals surface area contributed by atoms with E-state index in [2.05, 4.69) is 0 Å². The maximum Gasteiger partial charge on any atom is 0.339 e. The summed E-state index contributed by atoms with van der Waals surface area (Å²) in [7, 11) is 0. The van der Waals surface area contributed by atoms with Crippen molar-refractivity contribution in [1.82, 2.24) is 0 Å². The molecule has 37 heavy (non-hydrogen) atoms. The number of phenols is 4. The van der Waals surface area contributed by atoms with E-state index in [4.69, 9.17) is 9.47 Å². The highest BCUT2D eigenvalue weighted by Gasteiger charge is 2.57. The van der Waals surface area contributed by atoms with Gasteiger partial charge in [0.05, 0.1) is 6.10 Å². The van der Waals surface area contributed by atoms with Crippen LogP contribution < -0.4 is 0 Å². The van der Waals surface area contributed by atoms with Crippen LogP contribution in [0.1, 0.15) is 24.0 Å². The Morgan fingerprint density at radius 1 is 0.811 bits per heavy atom. The minimum Gasteiger partial charge on any atom is -0.504 e. The molecule has 2 aromatic rings. The first-order chi connectivity index (χ1) is 17.4. The number of phenolic OH excluding ortho intramolecular Hbond substituents is 4. The van der Waals surface area contributed by atoms with Crippen molar-refractivity contribution in [3.05, 3.63) is 59.7 Å². The summed E-state index contributed by atoms with van der Waals surface area (Å²) in [5.41, 5.74) is -2.11. The molecule has 3 rings (SSSR count). The van der Waals surface area contributed by atoms with Crippen LogP contribution in [0.25, 0.3) is 12.2 Å². The SMILES string of the molecule is O=C(C=Cc1ccc(O)c(O)c1)O[C@H]1[C@H](O)CC[C@](O)(C(=O)O)[C@H]1OC(=O)C=Cc1ccc(O)c(O)c1. The molecule has 0 saturated heterocycles. The predicted molar refractivity (Wildman–Crippen MR) is 125 cm³/mol. The van der Waals surface area contributed by atoms with Crippen LogP contribution in [0, 0.1) is 0 Å². The minimum absolute atomic E-state index is 0.276. The molecule has 1 aliphatic rings. The minimum atomic E-state index is -2.68. The Labute approximate surface area is 209 Å². The smallest absolute Gasteiger partial charge is 0.339 e. The van der Waals surface area contributed by atoms with Gasteiger partial charge in [0.1, 0.15) is 0 Å². The molecule has 0 spiro atoms. The molecule has 12 heteroatoms. The number of hydrogen-bond donors (Lipinski definition) is 7. The van der Waals surface area contributed by atoms with Gasteiger partial charge in [-0.1, -0.05) is 12.1 Å². The van der Waals surface area contributed by atoms with Crippen LogP contribution in [-0.2, 0) is 23.9 Å². The summed E-state index contributed by atoms with van der Waals surface area (Å²) in [5.74, 6) is -5.64. The zero-order valence-electron chi connectivity index (χ0n) is 19.1. The molecular weight excluding hydrogens is 492 g/mol. The van der Waals surface area contributed by atoms with Crippen LogP contribution >= 0.6 is 0 Å². The Kier molecular flexibility index (Phi) is 8.05. The number of carboxylic acid groups (broad SMARTS) is 1. The quantitative estimate of drug-likeness (QED) is 0.156. The maximum atomic E-state index is 12.4. The Morgan fingerprint density at radius 3 is 1.76 bits per heavy atom. The molecule has 1 aliphatic carbocycles. The van der Waals surface area contributed by atoms with Crippen LogP contribution in [0.15, 0.2) is 48.6 Å². The van der Waals surface area contributed by atoms with Gasteiger partial charge in [-0.05, 0) is 60.4 Å². The van der Waals surface area contributed by atoms with E-state index in [9.17, 15) is 50.1 Å². The van der Waals surface area contributed by atoms with E-state index in [1.807, 2.05) is 0 Å². The monoisotopic (exact) mass is 516 g/mol. The first-order valence-corrected chi connectivity index (χ1v) is 10.9. The number of aliphatic hydroxyl groups excluding tert-OH is 1. The zero-order chi connectivity index (χ0) is 27.3. The second-order valence-electron chi connectivity index (χ2n) is 8.26. The lowest BCUT2D eigenvalue weighted by Crippen LogP contribution is -2.63. The molecule has 0 radical (unpaired) electrons. The van der Waals surface area contributed by atoms with Crippen molar-refractivity contribution in [2.24, 2.45) is 0 Å². The number of aliphatic carboxylic acids is 1. The molecule has 0 aliphatic heterocycles. The highest BCUT2D eigenvalue weighted by molar-refractivity contribution is 5.89. The fourth-order valence-corrected chi connectivity index (χ4v) is 3.64. The summed E-state index contributed by atoms with van der Waals surface area (Å²) in [4.78, 5) is 36.7. The molecule has 1 fully saturated rings. The molecule has 0 heterocycles. The van der Waals surface area contributed by atoms with Crippen molar-refractivity contribution in [3.8, 4) is 23.0 Å².